The van der Waals surface area contributed by atoms with E-state index in [1.165, 1.54) is 10.4 Å². The Morgan fingerprint density at radius 2 is 2.10 bits per heavy atom. The van der Waals surface area contributed by atoms with E-state index in [2.05, 4.69) is 39.6 Å². The largest absolute Gasteiger partial charge is 0.324 e. The second-order valence-electron chi connectivity index (χ2n) is 5.23. The lowest BCUT2D eigenvalue weighted by Crippen LogP contribution is -2.29. The van der Waals surface area contributed by atoms with Crippen molar-refractivity contribution in [2.24, 2.45) is 0 Å². The molecule has 0 atom stereocenters. The first-order valence-electron chi connectivity index (χ1n) is 6.73. The summed E-state index contributed by atoms with van der Waals surface area (Å²) >= 11 is 5.21. The molecule has 0 bridgehead atoms. The van der Waals surface area contributed by atoms with Gasteiger partial charge in [0.15, 0.2) is 0 Å². The van der Waals surface area contributed by atoms with Gasteiger partial charge in [-0.2, -0.15) is 0 Å². The minimum Gasteiger partial charge on any atom is -0.324 e. The average molecular weight is 367 g/mol. The van der Waals surface area contributed by atoms with Gasteiger partial charge in [0.05, 0.1) is 12.2 Å². The average Bonchev–Trinajstić information content (AvgIpc) is 2.78. The molecule has 1 N–H and O–H groups in total. The predicted molar refractivity (Wildman–Crippen MR) is 92.9 cm³/mol. The van der Waals surface area contributed by atoms with Gasteiger partial charge < -0.3 is 5.32 Å². The molecule has 2 rings (SSSR count). The number of hydrogen-bond donors (Lipinski definition) is 1. The van der Waals surface area contributed by atoms with E-state index in [1.807, 2.05) is 37.1 Å². The zero-order chi connectivity index (χ0) is 15.4. The Bertz CT molecular complexity index is 639. The van der Waals surface area contributed by atoms with E-state index in [0.717, 1.165) is 22.3 Å². The fourth-order valence-corrected chi connectivity index (χ4v) is 3.60. The first-order valence-corrected chi connectivity index (χ1v) is 8.40. The zero-order valence-electron chi connectivity index (χ0n) is 12.4. The van der Waals surface area contributed by atoms with Crippen LogP contribution in [0.4, 0.5) is 5.69 Å². The summed E-state index contributed by atoms with van der Waals surface area (Å²) in [5.41, 5.74) is 3.25. The summed E-state index contributed by atoms with van der Waals surface area (Å²) in [5.74, 6) is -0.00346. The van der Waals surface area contributed by atoms with E-state index in [-0.39, 0.29) is 5.91 Å². The standard InChI is InChI=1S/C16H19BrN2OS/c1-11-4-5-14(13(17)8-11)18-16(20)10-19(3)9-15-12(2)6-7-21-15/h4-8H,9-10H2,1-3H3,(H,18,20). The summed E-state index contributed by atoms with van der Waals surface area (Å²) in [6.45, 7) is 5.29. The quantitative estimate of drug-likeness (QED) is 0.859. The van der Waals surface area contributed by atoms with Crippen molar-refractivity contribution in [3.8, 4) is 0 Å². The molecule has 0 aliphatic rings. The van der Waals surface area contributed by atoms with Gasteiger partial charge in [-0.1, -0.05) is 6.07 Å². The summed E-state index contributed by atoms with van der Waals surface area (Å²) in [7, 11) is 1.96. The summed E-state index contributed by atoms with van der Waals surface area (Å²) < 4.78 is 0.910. The SMILES string of the molecule is Cc1ccc(NC(=O)CN(C)Cc2sccc2C)c(Br)c1. The predicted octanol–water partition coefficient (Wildman–Crippen LogP) is 4.20. The molecule has 0 aliphatic heterocycles. The summed E-state index contributed by atoms with van der Waals surface area (Å²) in [5, 5.41) is 5.02. The third-order valence-corrected chi connectivity index (χ3v) is 4.86. The number of thiophene rings is 1. The van der Waals surface area contributed by atoms with Gasteiger partial charge in [0.1, 0.15) is 0 Å². The van der Waals surface area contributed by atoms with Crippen LogP contribution >= 0.6 is 27.3 Å². The van der Waals surface area contributed by atoms with Crippen LogP contribution in [0.1, 0.15) is 16.0 Å². The van der Waals surface area contributed by atoms with Crippen molar-refractivity contribution >= 4 is 38.9 Å². The minimum atomic E-state index is -0.00346. The van der Waals surface area contributed by atoms with Crippen LogP contribution in [0.25, 0.3) is 0 Å². The Kier molecular flexibility index (Phi) is 5.56. The molecular weight excluding hydrogens is 348 g/mol. The van der Waals surface area contributed by atoms with Gasteiger partial charge in [0.2, 0.25) is 5.91 Å². The summed E-state index contributed by atoms with van der Waals surface area (Å²) in [6, 6.07) is 8.01. The lowest BCUT2D eigenvalue weighted by molar-refractivity contribution is -0.117. The number of carbonyl (C=O) groups excluding carboxylic acids is 1. The molecule has 0 spiro atoms. The van der Waals surface area contributed by atoms with Gasteiger partial charge >= 0.3 is 0 Å². The van der Waals surface area contributed by atoms with Crippen LogP contribution in [0, 0.1) is 13.8 Å². The molecule has 0 aliphatic carbocycles. The van der Waals surface area contributed by atoms with Crippen LogP contribution in [0.3, 0.4) is 0 Å². The maximum Gasteiger partial charge on any atom is 0.238 e. The van der Waals surface area contributed by atoms with Crippen LogP contribution in [0.2, 0.25) is 0 Å². The van der Waals surface area contributed by atoms with Crippen molar-refractivity contribution < 1.29 is 4.79 Å². The van der Waals surface area contributed by atoms with Crippen molar-refractivity contribution in [3.05, 3.63) is 50.1 Å². The number of benzene rings is 1. The first kappa shape index (κ1) is 16.2. The molecule has 2 aromatic rings. The number of anilines is 1. The van der Waals surface area contributed by atoms with E-state index in [1.54, 1.807) is 11.3 Å². The Hall–Kier alpha value is -1.17. The lowest BCUT2D eigenvalue weighted by Gasteiger charge is -2.16. The summed E-state index contributed by atoms with van der Waals surface area (Å²) in [6.07, 6.45) is 0. The molecule has 1 heterocycles. The highest BCUT2D eigenvalue weighted by atomic mass is 79.9. The molecule has 112 valence electrons. The second-order valence-corrected chi connectivity index (χ2v) is 7.09. The highest BCUT2D eigenvalue weighted by Crippen LogP contribution is 2.23. The van der Waals surface area contributed by atoms with Gasteiger partial charge in [0, 0.05) is 15.9 Å². The van der Waals surface area contributed by atoms with Crippen molar-refractivity contribution in [2.45, 2.75) is 20.4 Å². The van der Waals surface area contributed by atoms with Crippen molar-refractivity contribution in [1.82, 2.24) is 4.90 Å². The molecule has 1 amide bonds. The highest BCUT2D eigenvalue weighted by Gasteiger charge is 2.10. The molecule has 0 saturated carbocycles. The number of carbonyl (C=O) groups is 1. The molecule has 0 fully saturated rings. The van der Waals surface area contributed by atoms with E-state index in [9.17, 15) is 4.79 Å². The van der Waals surface area contributed by atoms with Crippen molar-refractivity contribution in [1.29, 1.82) is 0 Å². The number of hydrogen-bond acceptors (Lipinski definition) is 3. The lowest BCUT2D eigenvalue weighted by atomic mass is 10.2. The van der Waals surface area contributed by atoms with E-state index in [0.29, 0.717) is 6.54 Å². The van der Waals surface area contributed by atoms with Crippen LogP contribution in [0.15, 0.2) is 34.1 Å². The van der Waals surface area contributed by atoms with E-state index in [4.69, 9.17) is 0 Å². The second kappa shape index (κ2) is 7.20. The molecule has 3 nitrogen and oxygen atoms in total. The molecule has 1 aromatic carbocycles. The number of aryl methyl sites for hydroxylation is 2. The smallest absolute Gasteiger partial charge is 0.238 e. The Morgan fingerprint density at radius 1 is 1.33 bits per heavy atom. The number of rotatable bonds is 5. The van der Waals surface area contributed by atoms with Gasteiger partial charge in [-0.15, -0.1) is 11.3 Å². The van der Waals surface area contributed by atoms with Gasteiger partial charge in [-0.05, 0) is 71.5 Å². The fourth-order valence-electron chi connectivity index (χ4n) is 2.02. The number of halogens is 1. The molecular formula is C16H19BrN2OS. The van der Waals surface area contributed by atoms with Crippen LogP contribution in [-0.2, 0) is 11.3 Å². The normalized spacial score (nSPS) is 10.9. The summed E-state index contributed by atoms with van der Waals surface area (Å²) in [4.78, 5) is 15.4. The topological polar surface area (TPSA) is 32.3 Å². The zero-order valence-corrected chi connectivity index (χ0v) is 14.8. The first-order chi connectivity index (χ1) is 9.95. The number of amides is 1. The minimum absolute atomic E-state index is 0.00346. The highest BCUT2D eigenvalue weighted by molar-refractivity contribution is 9.10. The Labute approximate surface area is 138 Å². The maximum atomic E-state index is 12.1. The number of nitrogens with one attached hydrogen (secondary N) is 1. The third-order valence-electron chi connectivity index (χ3n) is 3.19. The van der Waals surface area contributed by atoms with E-state index < -0.39 is 0 Å². The fraction of sp³-hybridized carbons (Fsp3) is 0.312. The third kappa shape index (κ3) is 4.66. The molecule has 0 unspecified atom stereocenters. The van der Waals surface area contributed by atoms with Crippen LogP contribution in [0.5, 0.6) is 0 Å². The van der Waals surface area contributed by atoms with Crippen LogP contribution < -0.4 is 5.32 Å². The molecule has 21 heavy (non-hydrogen) atoms. The van der Waals surface area contributed by atoms with Gasteiger partial charge in [0.25, 0.3) is 0 Å². The number of likely N-dealkylation sites (N-methyl/N-ethyl adjacent to an activating group) is 1. The van der Waals surface area contributed by atoms with Gasteiger partial charge in [-0.3, -0.25) is 9.69 Å². The molecule has 0 saturated heterocycles. The maximum absolute atomic E-state index is 12.1. The molecule has 0 radical (unpaired) electrons. The Morgan fingerprint density at radius 3 is 2.71 bits per heavy atom. The Balaban J connectivity index is 1.90. The monoisotopic (exact) mass is 366 g/mol. The molecule has 1 aromatic heterocycles. The van der Waals surface area contributed by atoms with Crippen molar-refractivity contribution in [3.63, 3.8) is 0 Å². The number of nitrogens with zero attached hydrogens (tertiary/aromatic N) is 1. The molecule has 5 heteroatoms. The van der Waals surface area contributed by atoms with E-state index >= 15 is 0 Å². The van der Waals surface area contributed by atoms with Crippen LogP contribution in [-0.4, -0.2) is 24.4 Å². The van der Waals surface area contributed by atoms with Crippen molar-refractivity contribution in [2.75, 3.05) is 18.9 Å². The van der Waals surface area contributed by atoms with Gasteiger partial charge in [-0.25, -0.2) is 0 Å².